The van der Waals surface area contributed by atoms with Crippen LogP contribution in [0.4, 0.5) is 0 Å². The first-order valence-corrected chi connectivity index (χ1v) is 10.1. The second kappa shape index (κ2) is 7.71. The summed E-state index contributed by atoms with van der Waals surface area (Å²) in [5.74, 6) is 0.0612. The molecule has 1 unspecified atom stereocenters. The van der Waals surface area contributed by atoms with Crippen LogP contribution in [0.3, 0.4) is 0 Å². The molecular weight excluding hydrogens is 342 g/mol. The number of hydrogen-bond acceptors (Lipinski definition) is 3. The number of nitrogens with one attached hydrogen (secondary N) is 1. The quantitative estimate of drug-likeness (QED) is 0.883. The van der Waals surface area contributed by atoms with Crippen molar-refractivity contribution in [3.8, 4) is 0 Å². The van der Waals surface area contributed by atoms with Crippen LogP contribution in [0.25, 0.3) is 0 Å². The Bertz CT molecular complexity index is 725. The number of carbonyl (C=O) groups excluding carboxylic acids is 3. The van der Waals surface area contributed by atoms with Crippen LogP contribution in [0.2, 0.25) is 0 Å². The van der Waals surface area contributed by atoms with E-state index in [4.69, 9.17) is 0 Å². The van der Waals surface area contributed by atoms with E-state index in [9.17, 15) is 14.4 Å². The van der Waals surface area contributed by atoms with E-state index in [-0.39, 0.29) is 36.3 Å². The van der Waals surface area contributed by atoms with E-state index in [2.05, 4.69) is 5.32 Å². The number of carbonyl (C=O) groups is 3. The van der Waals surface area contributed by atoms with Crippen molar-refractivity contribution in [2.45, 2.75) is 63.6 Å². The molecule has 0 bridgehead atoms. The first-order valence-electron chi connectivity index (χ1n) is 10.1. The van der Waals surface area contributed by atoms with Crippen LogP contribution in [-0.2, 0) is 16.1 Å². The van der Waals surface area contributed by atoms with Gasteiger partial charge in [-0.3, -0.25) is 14.4 Å². The van der Waals surface area contributed by atoms with Crippen molar-refractivity contribution in [1.29, 1.82) is 0 Å². The molecule has 1 aromatic rings. The van der Waals surface area contributed by atoms with Gasteiger partial charge in [0.05, 0.1) is 0 Å². The Morgan fingerprint density at radius 1 is 1.00 bits per heavy atom. The van der Waals surface area contributed by atoms with Gasteiger partial charge in [0.1, 0.15) is 12.6 Å². The lowest BCUT2D eigenvalue weighted by Gasteiger charge is -2.36. The molecule has 6 nitrogen and oxygen atoms in total. The molecule has 1 N–H and O–H groups in total. The number of amides is 3. The summed E-state index contributed by atoms with van der Waals surface area (Å²) in [4.78, 5) is 40.6. The third-order valence-electron chi connectivity index (χ3n) is 6.03. The number of hydrogen-bond donors (Lipinski definition) is 1. The van der Waals surface area contributed by atoms with Gasteiger partial charge in [0.25, 0.3) is 5.91 Å². The Morgan fingerprint density at radius 3 is 2.48 bits per heavy atom. The van der Waals surface area contributed by atoms with E-state index in [0.29, 0.717) is 18.7 Å². The largest absolute Gasteiger partial charge is 0.349 e. The molecule has 2 heterocycles. The number of rotatable bonds is 4. The predicted molar refractivity (Wildman–Crippen MR) is 101 cm³/mol. The molecule has 2 saturated heterocycles. The van der Waals surface area contributed by atoms with Gasteiger partial charge in [-0.1, -0.05) is 31.4 Å². The van der Waals surface area contributed by atoms with Crippen LogP contribution < -0.4 is 5.32 Å². The zero-order valence-electron chi connectivity index (χ0n) is 15.7. The number of piperazine rings is 1. The first-order chi connectivity index (χ1) is 13.1. The smallest absolute Gasteiger partial charge is 0.251 e. The summed E-state index contributed by atoms with van der Waals surface area (Å²) >= 11 is 0. The highest BCUT2D eigenvalue weighted by atomic mass is 16.2. The highest BCUT2D eigenvalue weighted by Gasteiger charge is 2.41. The molecule has 1 aromatic carbocycles. The fourth-order valence-electron chi connectivity index (χ4n) is 4.50. The summed E-state index contributed by atoms with van der Waals surface area (Å²) < 4.78 is 0. The van der Waals surface area contributed by atoms with Crippen molar-refractivity contribution < 1.29 is 14.4 Å². The monoisotopic (exact) mass is 369 g/mol. The van der Waals surface area contributed by atoms with Crippen molar-refractivity contribution in [2.24, 2.45) is 0 Å². The summed E-state index contributed by atoms with van der Waals surface area (Å²) in [7, 11) is 0. The minimum Gasteiger partial charge on any atom is -0.349 e. The molecule has 1 atom stereocenters. The Labute approximate surface area is 159 Å². The standard InChI is InChI=1S/C21H27N3O3/c25-19-14-23(21(27)18-7-4-12-24(18)19)13-15-8-10-16(11-9-15)20(26)22-17-5-2-1-3-6-17/h8-11,17-18H,1-7,12-14H2,(H,22,26). The molecule has 3 aliphatic rings. The Morgan fingerprint density at radius 2 is 1.74 bits per heavy atom. The molecule has 0 radical (unpaired) electrons. The zero-order chi connectivity index (χ0) is 18.8. The van der Waals surface area contributed by atoms with Gasteiger partial charge in [-0.2, -0.15) is 0 Å². The van der Waals surface area contributed by atoms with Crippen LogP contribution in [0.15, 0.2) is 24.3 Å². The minimum absolute atomic E-state index is 0.0284. The van der Waals surface area contributed by atoms with Gasteiger partial charge < -0.3 is 15.1 Å². The van der Waals surface area contributed by atoms with E-state index in [1.807, 2.05) is 24.3 Å². The molecule has 6 heteroatoms. The van der Waals surface area contributed by atoms with Crippen LogP contribution >= 0.6 is 0 Å². The Balaban J connectivity index is 1.37. The van der Waals surface area contributed by atoms with Crippen molar-refractivity contribution in [1.82, 2.24) is 15.1 Å². The summed E-state index contributed by atoms with van der Waals surface area (Å²) in [6, 6.07) is 7.41. The molecule has 3 amide bonds. The number of nitrogens with zero attached hydrogens (tertiary/aromatic N) is 2. The van der Waals surface area contributed by atoms with E-state index in [1.54, 1.807) is 9.80 Å². The fourth-order valence-corrected chi connectivity index (χ4v) is 4.50. The summed E-state index contributed by atoms with van der Waals surface area (Å²) in [6.45, 7) is 1.27. The lowest BCUT2D eigenvalue weighted by Crippen LogP contribution is -2.56. The second-order valence-corrected chi connectivity index (χ2v) is 7.94. The summed E-state index contributed by atoms with van der Waals surface area (Å²) in [5.41, 5.74) is 1.59. The highest BCUT2D eigenvalue weighted by Crippen LogP contribution is 2.25. The molecule has 0 aromatic heterocycles. The van der Waals surface area contributed by atoms with Gasteiger partial charge in [0, 0.05) is 24.7 Å². The first kappa shape index (κ1) is 18.0. The van der Waals surface area contributed by atoms with Crippen molar-refractivity contribution in [2.75, 3.05) is 13.1 Å². The van der Waals surface area contributed by atoms with Gasteiger partial charge in [-0.15, -0.1) is 0 Å². The van der Waals surface area contributed by atoms with Crippen LogP contribution in [0.5, 0.6) is 0 Å². The van der Waals surface area contributed by atoms with Gasteiger partial charge >= 0.3 is 0 Å². The highest BCUT2D eigenvalue weighted by molar-refractivity contribution is 5.95. The Kier molecular flexibility index (Phi) is 5.14. The number of benzene rings is 1. The lowest BCUT2D eigenvalue weighted by molar-refractivity contribution is -0.154. The molecule has 2 aliphatic heterocycles. The summed E-state index contributed by atoms with van der Waals surface area (Å²) in [6.07, 6.45) is 7.43. The van der Waals surface area contributed by atoms with Gasteiger partial charge in [-0.05, 0) is 43.4 Å². The van der Waals surface area contributed by atoms with Gasteiger partial charge in [-0.25, -0.2) is 0 Å². The van der Waals surface area contributed by atoms with E-state index in [0.717, 1.165) is 31.2 Å². The molecule has 1 saturated carbocycles. The van der Waals surface area contributed by atoms with Crippen molar-refractivity contribution in [3.63, 3.8) is 0 Å². The van der Waals surface area contributed by atoms with Gasteiger partial charge in [0.2, 0.25) is 11.8 Å². The molecule has 4 rings (SSSR count). The lowest BCUT2D eigenvalue weighted by atomic mass is 9.95. The predicted octanol–water partition coefficient (Wildman–Crippen LogP) is 2.08. The SMILES string of the molecule is O=C(NC1CCCCC1)c1ccc(CN2CC(=O)N3CCCC3C2=O)cc1. The van der Waals surface area contributed by atoms with E-state index >= 15 is 0 Å². The fraction of sp³-hybridized carbons (Fsp3) is 0.571. The average Bonchev–Trinajstić information content (AvgIpc) is 3.18. The second-order valence-electron chi connectivity index (χ2n) is 7.94. The summed E-state index contributed by atoms with van der Waals surface area (Å²) in [5, 5.41) is 3.12. The topological polar surface area (TPSA) is 69.7 Å². The van der Waals surface area contributed by atoms with Crippen molar-refractivity contribution in [3.05, 3.63) is 35.4 Å². The van der Waals surface area contributed by atoms with E-state index in [1.165, 1.54) is 19.3 Å². The molecule has 3 fully saturated rings. The molecule has 0 spiro atoms. The molecule has 144 valence electrons. The third kappa shape index (κ3) is 3.84. The normalized spacial score (nSPS) is 23.5. The maximum atomic E-state index is 12.6. The molecular formula is C21H27N3O3. The maximum Gasteiger partial charge on any atom is 0.251 e. The average molecular weight is 369 g/mol. The van der Waals surface area contributed by atoms with Crippen LogP contribution in [0, 0.1) is 0 Å². The van der Waals surface area contributed by atoms with Crippen LogP contribution in [0.1, 0.15) is 60.9 Å². The third-order valence-corrected chi connectivity index (χ3v) is 6.03. The Hall–Kier alpha value is -2.37. The molecule has 27 heavy (non-hydrogen) atoms. The van der Waals surface area contributed by atoms with Crippen molar-refractivity contribution >= 4 is 17.7 Å². The van der Waals surface area contributed by atoms with Crippen LogP contribution in [-0.4, -0.2) is 52.7 Å². The zero-order valence-corrected chi connectivity index (χ0v) is 15.7. The van der Waals surface area contributed by atoms with E-state index < -0.39 is 0 Å². The number of fused-ring (bicyclic) bond motifs is 1. The minimum atomic E-state index is -0.271. The maximum absolute atomic E-state index is 12.6. The molecule has 1 aliphatic carbocycles. The van der Waals surface area contributed by atoms with Gasteiger partial charge in [0.15, 0.2) is 0 Å².